The number of hydrogen-bond acceptors (Lipinski definition) is 7. The first-order valence-corrected chi connectivity index (χ1v) is 10.4. The van der Waals surface area contributed by atoms with Gasteiger partial charge in [-0.3, -0.25) is 0 Å². The Hall–Kier alpha value is -3.34. The number of anilines is 1. The summed E-state index contributed by atoms with van der Waals surface area (Å²) in [6.07, 6.45) is 1.27. The number of alkyl halides is 2. The van der Waals surface area contributed by atoms with Crippen molar-refractivity contribution in [3.05, 3.63) is 30.5 Å². The Kier molecular flexibility index (Phi) is 4.92. The second-order valence-corrected chi connectivity index (χ2v) is 8.16. The average Bonchev–Trinajstić information content (AvgIpc) is 3.35. The van der Waals surface area contributed by atoms with Crippen LogP contribution in [0.1, 0.15) is 26.2 Å². The number of aromatic nitrogens is 6. The van der Waals surface area contributed by atoms with Gasteiger partial charge in [-0.25, -0.2) is 18.0 Å². The Labute approximate surface area is 182 Å². The molecule has 5 rings (SSSR count). The summed E-state index contributed by atoms with van der Waals surface area (Å²) >= 11 is 0. The van der Waals surface area contributed by atoms with Gasteiger partial charge >= 0.3 is 0 Å². The van der Waals surface area contributed by atoms with Crippen LogP contribution in [0.3, 0.4) is 0 Å². The molecule has 1 aliphatic rings. The zero-order valence-electron chi connectivity index (χ0n) is 17.7. The Morgan fingerprint density at radius 1 is 1.31 bits per heavy atom. The van der Waals surface area contributed by atoms with E-state index in [2.05, 4.69) is 25.7 Å². The minimum Gasteiger partial charge on any atom is -0.479 e. The highest BCUT2D eigenvalue weighted by molar-refractivity contribution is 5.89. The van der Waals surface area contributed by atoms with E-state index in [-0.39, 0.29) is 6.04 Å². The number of nitrogens with zero attached hydrogens (tertiary/aromatic N) is 6. The minimum absolute atomic E-state index is 0.0992. The fourth-order valence-electron chi connectivity index (χ4n) is 4.26. The van der Waals surface area contributed by atoms with E-state index >= 15 is 0 Å². The topological polar surface area (TPSA) is 102 Å². The highest BCUT2D eigenvalue weighted by Crippen LogP contribution is 2.37. The van der Waals surface area contributed by atoms with E-state index in [0.29, 0.717) is 47.6 Å². The SMILES string of the molecule is CC[C@]1(O)C[C@@H](Nc2nc(OC)c3c(-c4ccc5nnn(CC(F)F)c5c4)ccn3n2)C1. The van der Waals surface area contributed by atoms with Crippen molar-refractivity contribution in [3.63, 3.8) is 0 Å². The molecule has 3 aromatic heterocycles. The standard InChI is InChI=1S/C21H23F2N7O2/c1-3-21(31)9-13(10-21)24-20-25-19(32-2)18-14(6-7-29(18)27-20)12-4-5-15-16(8-12)30(28-26-15)11-17(22)23/h4-8,13,17,31H,3,9-11H2,1-2H3,(H,24,27)/t13-,21+. The number of aliphatic hydroxyl groups is 1. The largest absolute Gasteiger partial charge is 0.479 e. The van der Waals surface area contributed by atoms with Gasteiger partial charge in [0.15, 0.2) is 0 Å². The molecule has 9 nitrogen and oxygen atoms in total. The molecule has 0 unspecified atom stereocenters. The lowest BCUT2D eigenvalue weighted by Gasteiger charge is -2.43. The van der Waals surface area contributed by atoms with Gasteiger partial charge in [0.05, 0.1) is 18.2 Å². The number of halogens is 2. The van der Waals surface area contributed by atoms with Crippen LogP contribution in [0.15, 0.2) is 30.5 Å². The molecule has 168 valence electrons. The average molecular weight is 443 g/mol. The van der Waals surface area contributed by atoms with Gasteiger partial charge in [-0.05, 0) is 43.0 Å². The maximum absolute atomic E-state index is 12.9. The number of hydrogen-bond donors (Lipinski definition) is 2. The maximum Gasteiger partial charge on any atom is 0.258 e. The molecule has 4 aromatic rings. The van der Waals surface area contributed by atoms with Crippen molar-refractivity contribution in [2.45, 2.75) is 50.8 Å². The molecule has 32 heavy (non-hydrogen) atoms. The van der Waals surface area contributed by atoms with E-state index in [9.17, 15) is 13.9 Å². The van der Waals surface area contributed by atoms with Gasteiger partial charge in [-0.15, -0.1) is 10.2 Å². The quantitative estimate of drug-likeness (QED) is 0.452. The second kappa shape index (κ2) is 7.66. The summed E-state index contributed by atoms with van der Waals surface area (Å²) in [7, 11) is 1.53. The van der Waals surface area contributed by atoms with Crippen LogP contribution >= 0.6 is 0 Å². The lowest BCUT2D eigenvalue weighted by molar-refractivity contribution is -0.0442. The van der Waals surface area contributed by atoms with E-state index in [0.717, 1.165) is 11.1 Å². The van der Waals surface area contributed by atoms with Crippen LogP contribution in [0.5, 0.6) is 5.88 Å². The summed E-state index contributed by atoms with van der Waals surface area (Å²) in [5.41, 5.74) is 2.69. The Bertz CT molecular complexity index is 1280. The van der Waals surface area contributed by atoms with Crippen LogP contribution in [0, 0.1) is 0 Å². The van der Waals surface area contributed by atoms with Gasteiger partial charge in [-0.1, -0.05) is 18.2 Å². The first kappa shape index (κ1) is 20.6. The van der Waals surface area contributed by atoms with Crippen LogP contribution in [-0.2, 0) is 6.54 Å². The smallest absolute Gasteiger partial charge is 0.258 e. The summed E-state index contributed by atoms with van der Waals surface area (Å²) in [4.78, 5) is 4.51. The molecule has 0 amide bonds. The summed E-state index contributed by atoms with van der Waals surface area (Å²) in [5.74, 6) is 0.793. The van der Waals surface area contributed by atoms with Gasteiger partial charge in [0.25, 0.3) is 6.43 Å². The maximum atomic E-state index is 12.9. The molecule has 0 atom stereocenters. The first-order chi connectivity index (χ1) is 15.4. The van der Waals surface area contributed by atoms with Gasteiger partial charge in [0, 0.05) is 17.8 Å². The van der Waals surface area contributed by atoms with Gasteiger partial charge < -0.3 is 15.2 Å². The van der Waals surface area contributed by atoms with Crippen LogP contribution in [0.4, 0.5) is 14.7 Å². The highest BCUT2D eigenvalue weighted by Gasteiger charge is 2.41. The predicted octanol–water partition coefficient (Wildman–Crippen LogP) is 3.13. The molecule has 11 heteroatoms. The molecule has 0 saturated heterocycles. The summed E-state index contributed by atoms with van der Waals surface area (Å²) < 4.78 is 34.2. The van der Waals surface area contributed by atoms with Crippen molar-refractivity contribution < 1.29 is 18.6 Å². The van der Waals surface area contributed by atoms with E-state index < -0.39 is 18.6 Å². The third-order valence-corrected chi connectivity index (χ3v) is 6.05. The van der Waals surface area contributed by atoms with E-state index in [1.807, 2.05) is 19.1 Å². The summed E-state index contributed by atoms with van der Waals surface area (Å²) in [5, 5.41) is 25.8. The molecular formula is C21H23F2N7O2. The van der Waals surface area contributed by atoms with Crippen molar-refractivity contribution in [1.82, 2.24) is 29.6 Å². The molecule has 0 bridgehead atoms. The van der Waals surface area contributed by atoms with Crippen LogP contribution in [0.25, 0.3) is 27.7 Å². The molecule has 2 N–H and O–H groups in total. The summed E-state index contributed by atoms with van der Waals surface area (Å²) in [6, 6.07) is 7.35. The molecule has 3 heterocycles. The fourth-order valence-corrected chi connectivity index (χ4v) is 4.26. The van der Waals surface area contributed by atoms with Gasteiger partial charge in [-0.2, -0.15) is 4.98 Å². The van der Waals surface area contributed by atoms with E-state index in [1.165, 1.54) is 11.8 Å². The molecular weight excluding hydrogens is 420 g/mol. The molecule has 1 fully saturated rings. The highest BCUT2D eigenvalue weighted by atomic mass is 19.3. The van der Waals surface area contributed by atoms with Crippen molar-refractivity contribution in [1.29, 1.82) is 0 Å². The number of fused-ring (bicyclic) bond motifs is 2. The second-order valence-electron chi connectivity index (χ2n) is 8.16. The zero-order valence-corrected chi connectivity index (χ0v) is 17.7. The van der Waals surface area contributed by atoms with Gasteiger partial charge in [0.2, 0.25) is 11.8 Å². The lowest BCUT2D eigenvalue weighted by atomic mass is 9.74. The fraction of sp³-hybridized carbons (Fsp3) is 0.429. The van der Waals surface area contributed by atoms with Crippen molar-refractivity contribution in [2.24, 2.45) is 0 Å². The lowest BCUT2D eigenvalue weighted by Crippen LogP contribution is -2.50. The molecule has 0 radical (unpaired) electrons. The van der Waals surface area contributed by atoms with Crippen LogP contribution in [-0.4, -0.2) is 59.9 Å². The number of nitrogens with one attached hydrogen (secondary N) is 1. The number of methoxy groups -OCH3 is 1. The van der Waals surface area contributed by atoms with Gasteiger partial charge in [0.1, 0.15) is 17.6 Å². The zero-order chi connectivity index (χ0) is 22.5. The molecule has 1 saturated carbocycles. The predicted molar refractivity (Wildman–Crippen MR) is 114 cm³/mol. The monoisotopic (exact) mass is 443 g/mol. The van der Waals surface area contributed by atoms with E-state index in [1.54, 1.807) is 22.8 Å². The Morgan fingerprint density at radius 3 is 2.84 bits per heavy atom. The van der Waals surface area contributed by atoms with Crippen molar-refractivity contribution in [2.75, 3.05) is 12.4 Å². The van der Waals surface area contributed by atoms with Crippen LogP contribution < -0.4 is 10.1 Å². The third-order valence-electron chi connectivity index (χ3n) is 6.05. The Morgan fingerprint density at radius 2 is 2.12 bits per heavy atom. The Balaban J connectivity index is 1.50. The van der Waals surface area contributed by atoms with Crippen molar-refractivity contribution in [3.8, 4) is 17.0 Å². The van der Waals surface area contributed by atoms with Crippen molar-refractivity contribution >= 4 is 22.5 Å². The third kappa shape index (κ3) is 3.52. The van der Waals surface area contributed by atoms with Crippen LogP contribution in [0.2, 0.25) is 0 Å². The minimum atomic E-state index is -2.53. The molecule has 0 spiro atoms. The molecule has 1 aliphatic carbocycles. The van der Waals surface area contributed by atoms with E-state index in [4.69, 9.17) is 4.74 Å². The number of rotatable bonds is 7. The number of benzene rings is 1. The molecule has 1 aromatic carbocycles. The molecule has 0 aliphatic heterocycles. The normalized spacial score (nSPS) is 20.8. The number of ether oxygens (including phenoxy) is 1. The first-order valence-electron chi connectivity index (χ1n) is 10.4. The summed E-state index contributed by atoms with van der Waals surface area (Å²) in [6.45, 7) is 1.45.